The average Bonchev–Trinajstić information content (AvgIpc) is 3.44. The lowest BCUT2D eigenvalue weighted by atomic mass is 9.48. The molecule has 0 aromatic heterocycles. The Hall–Kier alpha value is -4.51. The fourth-order valence-corrected chi connectivity index (χ4v) is 9.55. The largest absolute Gasteiger partial charge is 0.573 e. The van der Waals surface area contributed by atoms with Crippen molar-refractivity contribution in [3.8, 4) is 17.2 Å². The Bertz CT molecular complexity index is 1850. The highest BCUT2D eigenvalue weighted by atomic mass is 19.4. The zero-order chi connectivity index (χ0) is 36.8. The summed E-state index contributed by atoms with van der Waals surface area (Å²) in [4.78, 5) is 31.8. The molecule has 5 atom stereocenters. The summed E-state index contributed by atoms with van der Waals surface area (Å²) >= 11 is 0. The van der Waals surface area contributed by atoms with Crippen molar-refractivity contribution in [1.29, 1.82) is 0 Å². The second-order valence-electron chi connectivity index (χ2n) is 14.8. The fraction of sp³-hybridized carbons (Fsp3) is 0.463. The van der Waals surface area contributed by atoms with Gasteiger partial charge in [0, 0.05) is 31.7 Å². The van der Waals surface area contributed by atoms with Gasteiger partial charge in [-0.2, -0.15) is 0 Å². The van der Waals surface area contributed by atoms with Crippen LogP contribution in [0.4, 0.5) is 13.2 Å². The third-order valence-electron chi connectivity index (χ3n) is 11.3. The van der Waals surface area contributed by atoms with E-state index in [2.05, 4.69) is 27.8 Å². The number of benzene rings is 3. The lowest BCUT2D eigenvalue weighted by Gasteiger charge is -2.65. The van der Waals surface area contributed by atoms with E-state index in [9.17, 15) is 22.8 Å². The Balaban J connectivity index is 1.27. The van der Waals surface area contributed by atoms with Gasteiger partial charge in [-0.05, 0) is 85.5 Å². The van der Waals surface area contributed by atoms with Crippen LogP contribution >= 0.6 is 0 Å². The van der Waals surface area contributed by atoms with Gasteiger partial charge in [-0.1, -0.05) is 62.4 Å². The molecule has 2 fully saturated rings. The number of halogens is 3. The molecule has 8 nitrogen and oxygen atoms in total. The molecule has 0 radical (unpaired) electrons. The topological polar surface area (TPSA) is 77.5 Å². The minimum atomic E-state index is -4.83. The van der Waals surface area contributed by atoms with Gasteiger partial charge < -0.3 is 23.8 Å². The maximum atomic E-state index is 14.3. The van der Waals surface area contributed by atoms with E-state index in [-0.39, 0.29) is 35.6 Å². The zero-order valence-electron chi connectivity index (χ0n) is 29.9. The molecule has 1 amide bonds. The number of esters is 1. The summed E-state index contributed by atoms with van der Waals surface area (Å²) in [6, 6.07) is 19.5. The highest BCUT2D eigenvalue weighted by Gasteiger charge is 2.75. The van der Waals surface area contributed by atoms with Gasteiger partial charge in [0.05, 0.1) is 24.6 Å². The number of likely N-dealkylation sites (tertiary alicyclic amines) is 1. The van der Waals surface area contributed by atoms with Crippen LogP contribution in [0.1, 0.15) is 62.3 Å². The van der Waals surface area contributed by atoms with E-state index in [0.717, 1.165) is 30.6 Å². The van der Waals surface area contributed by atoms with Gasteiger partial charge in [0.1, 0.15) is 17.5 Å². The summed E-state index contributed by atoms with van der Waals surface area (Å²) < 4.78 is 62.3. The van der Waals surface area contributed by atoms with Gasteiger partial charge in [-0.15, -0.1) is 13.2 Å². The number of rotatable bonds is 11. The van der Waals surface area contributed by atoms with Crippen LogP contribution in [0.25, 0.3) is 6.08 Å². The van der Waals surface area contributed by atoms with Gasteiger partial charge in [0.15, 0.2) is 11.5 Å². The summed E-state index contributed by atoms with van der Waals surface area (Å²) in [6.07, 6.45) is 0.809. The molecule has 4 aliphatic rings. The summed E-state index contributed by atoms with van der Waals surface area (Å²) in [5, 5.41) is 0. The van der Waals surface area contributed by atoms with Crippen molar-refractivity contribution in [1.82, 2.24) is 9.80 Å². The second-order valence-corrected chi connectivity index (χ2v) is 14.8. The number of carbonyl (C=O) groups excluding carboxylic acids is 2. The molecule has 52 heavy (non-hydrogen) atoms. The number of ether oxygens (including phenoxy) is 4. The SMILES string of the molecule is COc1ccc2c3c1O[C@H]1[C@@H](N(CC(C)C)C(=O)C=Cc4cccc(OC(F)(F)F)c4)CC[C@@]4(OC(C)=O)[C@@H](C2)N(CCc2ccccc2)CC[C@]314. The highest BCUT2D eigenvalue weighted by Crippen LogP contribution is 2.67. The molecule has 2 heterocycles. The number of amides is 1. The van der Waals surface area contributed by atoms with Crippen LogP contribution in [0.2, 0.25) is 0 Å². The Kier molecular flexibility index (Phi) is 9.52. The van der Waals surface area contributed by atoms with Crippen LogP contribution in [-0.4, -0.2) is 78.6 Å². The molecule has 2 aliphatic carbocycles. The van der Waals surface area contributed by atoms with Crippen molar-refractivity contribution < 1.29 is 41.7 Å². The van der Waals surface area contributed by atoms with Crippen LogP contribution in [0.15, 0.2) is 72.8 Å². The molecule has 1 spiro atoms. The molecule has 2 aliphatic heterocycles. The Morgan fingerprint density at radius 1 is 1.08 bits per heavy atom. The molecule has 0 N–H and O–H groups in total. The van der Waals surface area contributed by atoms with Crippen molar-refractivity contribution in [3.05, 3.63) is 95.1 Å². The summed E-state index contributed by atoms with van der Waals surface area (Å²) in [5.41, 5.74) is 2.16. The van der Waals surface area contributed by atoms with E-state index < -0.39 is 23.5 Å². The maximum Gasteiger partial charge on any atom is 0.573 e. The van der Waals surface area contributed by atoms with Gasteiger partial charge in [0.25, 0.3) is 0 Å². The first-order valence-electron chi connectivity index (χ1n) is 18.0. The van der Waals surface area contributed by atoms with Crippen molar-refractivity contribution in [2.75, 3.05) is 26.7 Å². The minimum Gasteiger partial charge on any atom is -0.493 e. The van der Waals surface area contributed by atoms with Gasteiger partial charge >= 0.3 is 12.3 Å². The van der Waals surface area contributed by atoms with E-state index in [1.807, 2.05) is 43.0 Å². The summed E-state index contributed by atoms with van der Waals surface area (Å²) in [7, 11) is 1.62. The van der Waals surface area contributed by atoms with E-state index in [1.165, 1.54) is 42.8 Å². The molecule has 0 unspecified atom stereocenters. The van der Waals surface area contributed by atoms with Crippen LogP contribution in [0, 0.1) is 5.92 Å². The molecule has 1 saturated heterocycles. The van der Waals surface area contributed by atoms with Gasteiger partial charge in [0.2, 0.25) is 5.91 Å². The van der Waals surface area contributed by atoms with Gasteiger partial charge in [-0.25, -0.2) is 0 Å². The molecular formula is C41H45F3N2O6. The van der Waals surface area contributed by atoms with Crippen LogP contribution in [0.5, 0.6) is 17.2 Å². The van der Waals surface area contributed by atoms with Crippen molar-refractivity contribution in [2.24, 2.45) is 5.92 Å². The molecule has 3 aromatic carbocycles. The van der Waals surface area contributed by atoms with E-state index in [0.29, 0.717) is 49.3 Å². The standard InChI is InChI=1S/C41H45F3N2O6/c1-26(2)25-46(35(48)16-13-29-11-8-12-31(23-29)52-41(42,43)44)32-17-19-40(51-27(3)47)34-24-30-14-15-33(49-4)37-36(30)39(40,38(32)50-37)20-22-45(34)21-18-28-9-6-5-7-10-28/h5-16,23,26,32,34,38H,17-22,24-25H2,1-4H3/t32-,34+,38-,39-,40+/m0/s1. The Morgan fingerprint density at radius 2 is 1.87 bits per heavy atom. The van der Waals surface area contributed by atoms with Crippen molar-refractivity contribution in [2.45, 2.75) is 88.4 Å². The number of carbonyl (C=O) groups is 2. The van der Waals surface area contributed by atoms with Crippen LogP contribution < -0.4 is 14.2 Å². The predicted octanol–water partition coefficient (Wildman–Crippen LogP) is 7.13. The molecule has 276 valence electrons. The first-order chi connectivity index (χ1) is 24.8. The number of nitrogens with zero attached hydrogens (tertiary/aromatic N) is 2. The normalized spacial score (nSPS) is 26.1. The number of hydrogen-bond acceptors (Lipinski definition) is 7. The minimum absolute atomic E-state index is 0.103. The summed E-state index contributed by atoms with van der Waals surface area (Å²) in [6.45, 7) is 7.55. The highest BCUT2D eigenvalue weighted by molar-refractivity contribution is 5.92. The number of hydrogen-bond donors (Lipinski definition) is 0. The Morgan fingerprint density at radius 3 is 2.58 bits per heavy atom. The first kappa shape index (κ1) is 35.9. The lowest BCUT2D eigenvalue weighted by Crippen LogP contribution is -2.79. The van der Waals surface area contributed by atoms with Crippen LogP contribution in [0.3, 0.4) is 0 Å². The van der Waals surface area contributed by atoms with E-state index in [1.54, 1.807) is 13.2 Å². The van der Waals surface area contributed by atoms with Crippen LogP contribution in [-0.2, 0) is 32.6 Å². The van der Waals surface area contributed by atoms with Crippen molar-refractivity contribution >= 4 is 18.0 Å². The lowest BCUT2D eigenvalue weighted by molar-refractivity contribution is -0.274. The third kappa shape index (κ3) is 6.31. The predicted molar refractivity (Wildman–Crippen MR) is 189 cm³/mol. The second kappa shape index (κ2) is 13.8. The smallest absolute Gasteiger partial charge is 0.493 e. The maximum absolute atomic E-state index is 14.3. The third-order valence-corrected chi connectivity index (χ3v) is 11.3. The van der Waals surface area contributed by atoms with E-state index >= 15 is 0 Å². The molecular weight excluding hydrogens is 673 g/mol. The molecule has 1 saturated carbocycles. The fourth-order valence-electron chi connectivity index (χ4n) is 9.55. The molecule has 11 heteroatoms. The molecule has 7 rings (SSSR count). The Labute approximate surface area is 302 Å². The van der Waals surface area contributed by atoms with E-state index in [4.69, 9.17) is 14.2 Å². The zero-order valence-corrected chi connectivity index (χ0v) is 29.9. The number of alkyl halides is 3. The van der Waals surface area contributed by atoms with Gasteiger partial charge in [-0.3, -0.25) is 14.5 Å². The quantitative estimate of drug-likeness (QED) is 0.154. The first-order valence-corrected chi connectivity index (χ1v) is 18.0. The molecule has 2 bridgehead atoms. The monoisotopic (exact) mass is 718 g/mol. The van der Waals surface area contributed by atoms with Crippen molar-refractivity contribution in [3.63, 3.8) is 0 Å². The summed E-state index contributed by atoms with van der Waals surface area (Å²) in [5.74, 6) is 0.367. The average molecular weight is 719 g/mol. The number of methoxy groups -OCH3 is 1. The number of piperidine rings is 1. The molecule has 3 aromatic rings.